The van der Waals surface area contributed by atoms with Gasteiger partial charge in [0.15, 0.2) is 5.82 Å². The summed E-state index contributed by atoms with van der Waals surface area (Å²) < 4.78 is 0. The number of aryl methyl sites for hydroxylation is 1. The van der Waals surface area contributed by atoms with Gasteiger partial charge in [-0.15, -0.1) is 11.3 Å². The molecule has 1 aliphatic rings. The van der Waals surface area contributed by atoms with Gasteiger partial charge < -0.3 is 0 Å². The van der Waals surface area contributed by atoms with Crippen LogP contribution in [0.3, 0.4) is 0 Å². The Balaban J connectivity index is 1.32. The molecule has 2 aromatic carbocycles. The van der Waals surface area contributed by atoms with Crippen molar-refractivity contribution < 1.29 is 0 Å². The fraction of sp³-hybridized carbons (Fsp3) is 0.208. The predicted molar refractivity (Wildman–Crippen MR) is 118 cm³/mol. The number of hydrogen-bond donors (Lipinski definition) is 0. The van der Waals surface area contributed by atoms with Crippen LogP contribution in [0.2, 0.25) is 0 Å². The van der Waals surface area contributed by atoms with E-state index < -0.39 is 0 Å². The van der Waals surface area contributed by atoms with E-state index in [-0.39, 0.29) is 0 Å². The average Bonchev–Trinajstić information content (AvgIpc) is 3.15. The van der Waals surface area contributed by atoms with Gasteiger partial charge in [0, 0.05) is 53.8 Å². The molecule has 0 spiro atoms. The summed E-state index contributed by atoms with van der Waals surface area (Å²) in [6.07, 6.45) is 2.97. The molecule has 0 atom stereocenters. The molecule has 0 aliphatic carbocycles. The van der Waals surface area contributed by atoms with Gasteiger partial charge in [-0.3, -0.25) is 4.90 Å². The lowest BCUT2D eigenvalue weighted by Gasteiger charge is -2.27. The lowest BCUT2D eigenvalue weighted by atomic mass is 10.1. The summed E-state index contributed by atoms with van der Waals surface area (Å²) in [6, 6.07) is 20.6. The van der Waals surface area contributed by atoms with Crippen LogP contribution in [-0.2, 0) is 19.5 Å². The van der Waals surface area contributed by atoms with E-state index in [0.717, 1.165) is 48.1 Å². The molecule has 144 valence electrons. The Hall–Kier alpha value is -2.89. The maximum absolute atomic E-state index is 4.84. The topological polar surface area (TPSA) is 41.9 Å². The van der Waals surface area contributed by atoms with Gasteiger partial charge in [-0.1, -0.05) is 60.7 Å². The zero-order valence-corrected chi connectivity index (χ0v) is 17.2. The lowest BCUT2D eigenvalue weighted by Crippen LogP contribution is -2.30. The second-order valence-electron chi connectivity index (χ2n) is 7.39. The molecule has 0 radical (unpaired) electrons. The number of fused-ring (bicyclic) bond motifs is 1. The molecule has 4 nitrogen and oxygen atoms in total. The normalized spacial score (nSPS) is 14.0. The third-order valence-electron chi connectivity index (χ3n) is 5.33. The maximum atomic E-state index is 4.84. The standard InChI is InChI=1S/C24H22N4S/c1-17-22(29-24(26-17)19-10-6-3-7-11-19)16-28-13-12-21-20(15-28)14-25-23(27-21)18-8-4-2-5-9-18/h2-11,14H,12-13,15-16H2,1H3. The molecule has 4 aromatic rings. The first-order valence-electron chi connectivity index (χ1n) is 9.90. The Morgan fingerprint density at radius 2 is 1.66 bits per heavy atom. The Bertz CT molecular complexity index is 1120. The van der Waals surface area contributed by atoms with E-state index in [9.17, 15) is 0 Å². The van der Waals surface area contributed by atoms with Gasteiger partial charge in [0.2, 0.25) is 0 Å². The first-order valence-corrected chi connectivity index (χ1v) is 10.7. The summed E-state index contributed by atoms with van der Waals surface area (Å²) in [5, 5.41) is 1.10. The molecule has 0 amide bonds. The van der Waals surface area contributed by atoms with Gasteiger partial charge in [-0.05, 0) is 6.92 Å². The molecule has 5 rings (SSSR count). The van der Waals surface area contributed by atoms with Gasteiger partial charge in [0.25, 0.3) is 0 Å². The summed E-state index contributed by atoms with van der Waals surface area (Å²) in [7, 11) is 0. The zero-order chi connectivity index (χ0) is 19.6. The summed E-state index contributed by atoms with van der Waals surface area (Å²) in [5.41, 5.74) is 5.82. The van der Waals surface area contributed by atoms with Crippen molar-refractivity contribution in [3.63, 3.8) is 0 Å². The molecule has 3 heterocycles. The molecule has 0 unspecified atom stereocenters. The van der Waals surface area contributed by atoms with E-state index >= 15 is 0 Å². The number of rotatable bonds is 4. The Morgan fingerprint density at radius 1 is 0.931 bits per heavy atom. The summed E-state index contributed by atoms with van der Waals surface area (Å²) in [4.78, 5) is 18.1. The second-order valence-corrected chi connectivity index (χ2v) is 8.47. The third-order valence-corrected chi connectivity index (χ3v) is 6.52. The summed E-state index contributed by atoms with van der Waals surface area (Å²) >= 11 is 1.80. The number of hydrogen-bond acceptors (Lipinski definition) is 5. The van der Waals surface area contributed by atoms with Crippen LogP contribution in [0, 0.1) is 6.92 Å². The van der Waals surface area contributed by atoms with Crippen LogP contribution in [0.5, 0.6) is 0 Å². The molecular weight excluding hydrogens is 376 g/mol. The highest BCUT2D eigenvalue weighted by molar-refractivity contribution is 7.15. The molecule has 5 heteroatoms. The molecule has 0 bridgehead atoms. The summed E-state index contributed by atoms with van der Waals surface area (Å²) in [5.74, 6) is 0.823. The average molecular weight is 399 g/mol. The molecule has 0 saturated carbocycles. The number of nitrogens with zero attached hydrogens (tertiary/aromatic N) is 4. The van der Waals surface area contributed by atoms with Crippen molar-refractivity contribution in [1.29, 1.82) is 0 Å². The molecular formula is C24H22N4S. The van der Waals surface area contributed by atoms with Crippen molar-refractivity contribution in [2.24, 2.45) is 0 Å². The smallest absolute Gasteiger partial charge is 0.159 e. The summed E-state index contributed by atoms with van der Waals surface area (Å²) in [6.45, 7) is 4.94. The largest absolute Gasteiger partial charge is 0.293 e. The van der Waals surface area contributed by atoms with Crippen molar-refractivity contribution in [3.05, 3.63) is 88.7 Å². The zero-order valence-electron chi connectivity index (χ0n) is 16.4. The second kappa shape index (κ2) is 7.85. The van der Waals surface area contributed by atoms with E-state index in [2.05, 4.69) is 53.2 Å². The van der Waals surface area contributed by atoms with Crippen molar-refractivity contribution in [2.75, 3.05) is 6.54 Å². The molecule has 29 heavy (non-hydrogen) atoms. The van der Waals surface area contributed by atoms with Crippen LogP contribution in [-0.4, -0.2) is 26.4 Å². The number of thiazole rings is 1. The highest BCUT2D eigenvalue weighted by Gasteiger charge is 2.21. The first kappa shape index (κ1) is 18.2. The van der Waals surface area contributed by atoms with Gasteiger partial charge in [0.05, 0.1) is 11.4 Å². The fourth-order valence-corrected chi connectivity index (χ4v) is 4.83. The van der Waals surface area contributed by atoms with E-state index in [0.29, 0.717) is 0 Å². The molecule has 2 aromatic heterocycles. The molecule has 0 N–H and O–H groups in total. The number of benzene rings is 2. The number of aromatic nitrogens is 3. The highest BCUT2D eigenvalue weighted by atomic mass is 32.1. The van der Waals surface area contributed by atoms with E-state index in [1.807, 2.05) is 30.5 Å². The molecule has 1 aliphatic heterocycles. The van der Waals surface area contributed by atoms with Crippen molar-refractivity contribution in [2.45, 2.75) is 26.4 Å². The monoisotopic (exact) mass is 398 g/mol. The van der Waals surface area contributed by atoms with Crippen LogP contribution >= 0.6 is 11.3 Å². The maximum Gasteiger partial charge on any atom is 0.159 e. The first-order chi connectivity index (χ1) is 14.3. The van der Waals surface area contributed by atoms with Crippen molar-refractivity contribution >= 4 is 11.3 Å². The fourth-order valence-electron chi connectivity index (χ4n) is 3.72. The van der Waals surface area contributed by atoms with E-state index in [1.54, 1.807) is 11.3 Å². The van der Waals surface area contributed by atoms with Crippen molar-refractivity contribution in [3.8, 4) is 22.0 Å². The Kier molecular flexibility index (Phi) is 4.92. The minimum atomic E-state index is 0.823. The Morgan fingerprint density at radius 3 is 2.41 bits per heavy atom. The quantitative estimate of drug-likeness (QED) is 0.478. The van der Waals surface area contributed by atoms with Gasteiger partial charge in [-0.2, -0.15) is 0 Å². The van der Waals surface area contributed by atoms with Gasteiger partial charge >= 0.3 is 0 Å². The van der Waals surface area contributed by atoms with E-state index in [4.69, 9.17) is 9.97 Å². The van der Waals surface area contributed by atoms with Crippen LogP contribution in [0.4, 0.5) is 0 Å². The van der Waals surface area contributed by atoms with Crippen LogP contribution in [0.25, 0.3) is 22.0 Å². The SMILES string of the molecule is Cc1nc(-c2ccccc2)sc1CN1CCc2nc(-c3ccccc3)ncc2C1. The molecule has 0 saturated heterocycles. The highest BCUT2D eigenvalue weighted by Crippen LogP contribution is 2.30. The Labute approximate surface area is 174 Å². The predicted octanol–water partition coefficient (Wildman–Crippen LogP) is 5.13. The van der Waals surface area contributed by atoms with Crippen LogP contribution < -0.4 is 0 Å². The van der Waals surface area contributed by atoms with Gasteiger partial charge in [-0.25, -0.2) is 15.0 Å². The minimum Gasteiger partial charge on any atom is -0.293 e. The van der Waals surface area contributed by atoms with Gasteiger partial charge in [0.1, 0.15) is 5.01 Å². The van der Waals surface area contributed by atoms with Crippen LogP contribution in [0.15, 0.2) is 66.9 Å². The van der Waals surface area contributed by atoms with Crippen LogP contribution in [0.1, 0.15) is 21.8 Å². The van der Waals surface area contributed by atoms with Crippen molar-refractivity contribution in [1.82, 2.24) is 19.9 Å². The lowest BCUT2D eigenvalue weighted by molar-refractivity contribution is 0.244. The third kappa shape index (κ3) is 3.84. The molecule has 0 fully saturated rings. The van der Waals surface area contributed by atoms with E-state index in [1.165, 1.54) is 21.7 Å². The minimum absolute atomic E-state index is 0.823.